The van der Waals surface area contributed by atoms with E-state index in [1.165, 1.54) is 0 Å². The first-order valence-electron chi connectivity index (χ1n) is 10.9. The average molecular weight is 519 g/mol. The van der Waals surface area contributed by atoms with E-state index in [0.717, 1.165) is 0 Å². The van der Waals surface area contributed by atoms with Gasteiger partial charge in [-0.15, -0.1) is 0 Å². The van der Waals surface area contributed by atoms with Crippen LogP contribution in [0, 0.1) is 0 Å². The summed E-state index contributed by atoms with van der Waals surface area (Å²) < 4.78 is 79.4. The highest BCUT2D eigenvalue weighted by molar-refractivity contribution is 5.79. The summed E-state index contributed by atoms with van der Waals surface area (Å²) in [5.41, 5.74) is 1.18. The Morgan fingerprint density at radius 2 is 1.11 bits per heavy atom. The van der Waals surface area contributed by atoms with Gasteiger partial charge in [0.15, 0.2) is 0 Å². The van der Waals surface area contributed by atoms with Crippen molar-refractivity contribution in [3.8, 4) is 0 Å². The zero-order chi connectivity index (χ0) is 27.0. The number of rotatable bonds is 7. The molecule has 4 N–H and O–H groups in total. The number of alkyl halides is 6. The molecular weight excluding hydrogens is 500 g/mol. The van der Waals surface area contributed by atoms with Crippen molar-refractivity contribution < 1.29 is 26.3 Å². The van der Waals surface area contributed by atoms with Crippen LogP contribution in [0.3, 0.4) is 0 Å². The summed E-state index contributed by atoms with van der Waals surface area (Å²) in [4.78, 5) is 24.7. The van der Waals surface area contributed by atoms with Gasteiger partial charge >= 0.3 is 12.4 Å². The van der Waals surface area contributed by atoms with Gasteiger partial charge in [0.2, 0.25) is 0 Å². The van der Waals surface area contributed by atoms with Crippen LogP contribution in [0.2, 0.25) is 0 Å². The fourth-order valence-corrected chi connectivity index (χ4v) is 3.88. The lowest BCUT2D eigenvalue weighted by atomic mass is 9.93. The Labute approximate surface area is 206 Å². The smallest absolute Gasteiger partial charge is 0.371 e. The Morgan fingerprint density at radius 1 is 0.649 bits per heavy atom. The summed E-state index contributed by atoms with van der Waals surface area (Å²) in [5.74, 6) is 0. The minimum absolute atomic E-state index is 0.0310. The third-order valence-corrected chi connectivity index (χ3v) is 5.77. The molecule has 0 amide bonds. The first-order valence-corrected chi connectivity index (χ1v) is 10.9. The molecule has 0 aromatic heterocycles. The topological polar surface area (TPSA) is 84.2 Å². The maximum Gasteiger partial charge on any atom is 0.416 e. The Morgan fingerprint density at radius 3 is 1.59 bits per heavy atom. The molecule has 37 heavy (non-hydrogen) atoms. The summed E-state index contributed by atoms with van der Waals surface area (Å²) in [6, 6.07) is 16.8. The van der Waals surface area contributed by atoms with Gasteiger partial charge in [-0.1, -0.05) is 60.7 Å². The van der Waals surface area contributed by atoms with E-state index in [0.29, 0.717) is 23.3 Å². The molecule has 192 valence electrons. The Balaban J connectivity index is 1.73. The van der Waals surface area contributed by atoms with Gasteiger partial charge in [0, 0.05) is 5.69 Å². The summed E-state index contributed by atoms with van der Waals surface area (Å²) >= 11 is 0. The molecule has 0 aliphatic rings. The molecule has 0 saturated carbocycles. The molecule has 0 heterocycles. The van der Waals surface area contributed by atoms with Crippen molar-refractivity contribution >= 4 is 17.1 Å². The number of anilines is 3. The van der Waals surface area contributed by atoms with Crippen molar-refractivity contribution in [3.63, 3.8) is 0 Å². The second-order valence-electron chi connectivity index (χ2n) is 8.30. The van der Waals surface area contributed by atoms with E-state index in [-0.39, 0.29) is 11.8 Å². The summed E-state index contributed by atoms with van der Waals surface area (Å²) in [5, 5.41) is 5.16. The Bertz CT molecular complexity index is 1430. The quantitative estimate of drug-likeness (QED) is 0.209. The van der Waals surface area contributed by atoms with Crippen LogP contribution in [0.4, 0.5) is 43.4 Å². The highest BCUT2D eigenvalue weighted by Crippen LogP contribution is 2.39. The second kappa shape index (κ2) is 9.74. The number of halogens is 6. The SMILES string of the molecule is N[C@H](c1ccccc1)[C@H](Nc1c(Nc2cc(C(F)(F)F)cc(C(F)(F)F)c2)c(=O)c1=O)c1ccccc1. The van der Waals surface area contributed by atoms with Crippen LogP contribution in [-0.4, -0.2) is 0 Å². The molecule has 5 nitrogen and oxygen atoms in total. The van der Waals surface area contributed by atoms with Gasteiger partial charge in [0.1, 0.15) is 11.4 Å². The predicted octanol–water partition coefficient (Wildman–Crippen LogP) is 5.92. The highest BCUT2D eigenvalue weighted by Gasteiger charge is 2.37. The van der Waals surface area contributed by atoms with Gasteiger partial charge in [-0.05, 0) is 29.3 Å². The minimum Gasteiger partial charge on any atom is -0.371 e. The van der Waals surface area contributed by atoms with Crippen LogP contribution >= 0.6 is 0 Å². The third-order valence-electron chi connectivity index (χ3n) is 5.77. The molecule has 0 aliphatic heterocycles. The van der Waals surface area contributed by atoms with Crippen molar-refractivity contribution in [3.05, 3.63) is 122 Å². The van der Waals surface area contributed by atoms with Crippen molar-refractivity contribution in [1.29, 1.82) is 0 Å². The van der Waals surface area contributed by atoms with Crippen molar-refractivity contribution in [1.82, 2.24) is 0 Å². The Kier molecular flexibility index (Phi) is 6.83. The Hall–Kier alpha value is -4.12. The third kappa shape index (κ3) is 5.51. The van der Waals surface area contributed by atoms with Gasteiger partial charge in [0.25, 0.3) is 10.9 Å². The van der Waals surface area contributed by atoms with Gasteiger partial charge in [-0.3, -0.25) is 9.59 Å². The van der Waals surface area contributed by atoms with Gasteiger partial charge in [0.05, 0.1) is 23.2 Å². The molecule has 0 unspecified atom stereocenters. The molecule has 2 atom stereocenters. The molecule has 0 aliphatic carbocycles. The first-order chi connectivity index (χ1) is 17.4. The van der Waals surface area contributed by atoms with E-state index < -0.39 is 57.8 Å². The molecule has 4 rings (SSSR count). The average Bonchev–Trinajstić information content (AvgIpc) is 2.87. The van der Waals surface area contributed by atoms with E-state index in [9.17, 15) is 35.9 Å². The van der Waals surface area contributed by atoms with Gasteiger partial charge in [-0.25, -0.2) is 0 Å². The highest BCUT2D eigenvalue weighted by atomic mass is 19.4. The van der Waals surface area contributed by atoms with E-state index >= 15 is 0 Å². The summed E-state index contributed by atoms with van der Waals surface area (Å²) in [6.07, 6.45) is -10.2. The molecule has 0 radical (unpaired) electrons. The van der Waals surface area contributed by atoms with E-state index in [1.54, 1.807) is 60.7 Å². The monoisotopic (exact) mass is 519 g/mol. The van der Waals surface area contributed by atoms with Gasteiger partial charge < -0.3 is 16.4 Å². The maximum absolute atomic E-state index is 13.2. The molecule has 0 bridgehead atoms. The van der Waals surface area contributed by atoms with Crippen LogP contribution in [0.1, 0.15) is 34.3 Å². The molecule has 0 fully saturated rings. The molecular formula is C26H19F6N3O2. The fraction of sp³-hybridized carbons (Fsp3) is 0.154. The molecule has 4 aromatic rings. The molecule has 11 heteroatoms. The number of hydrogen-bond acceptors (Lipinski definition) is 5. The van der Waals surface area contributed by atoms with E-state index in [2.05, 4.69) is 10.6 Å². The van der Waals surface area contributed by atoms with Crippen LogP contribution in [0.5, 0.6) is 0 Å². The van der Waals surface area contributed by atoms with Crippen LogP contribution in [0.15, 0.2) is 88.5 Å². The van der Waals surface area contributed by atoms with Crippen LogP contribution in [0.25, 0.3) is 0 Å². The molecule has 0 spiro atoms. The van der Waals surface area contributed by atoms with Crippen molar-refractivity contribution in [2.75, 3.05) is 10.6 Å². The number of hydrogen-bond donors (Lipinski definition) is 3. The number of benzene rings is 3. The second-order valence-corrected chi connectivity index (χ2v) is 8.30. The van der Waals surface area contributed by atoms with Crippen LogP contribution < -0.4 is 27.2 Å². The lowest BCUT2D eigenvalue weighted by molar-refractivity contribution is -0.143. The fourth-order valence-electron chi connectivity index (χ4n) is 3.88. The standard InChI is InChI=1S/C26H19F6N3O2/c27-25(28,29)16-11-17(26(30,31)32)13-18(12-16)34-21-22(24(37)23(21)36)35-20(15-9-5-2-6-10-15)19(33)14-7-3-1-4-8-14/h1-13,19-20,34-35H,33H2/t19-,20-/m1/s1. The lowest BCUT2D eigenvalue weighted by Gasteiger charge is -2.28. The maximum atomic E-state index is 13.2. The molecule has 0 saturated heterocycles. The zero-order valence-electron chi connectivity index (χ0n) is 18.8. The van der Waals surface area contributed by atoms with E-state index in [4.69, 9.17) is 5.73 Å². The van der Waals surface area contributed by atoms with Gasteiger partial charge in [-0.2, -0.15) is 26.3 Å². The normalized spacial score (nSPS) is 13.8. The molecule has 4 aromatic carbocycles. The van der Waals surface area contributed by atoms with Crippen LogP contribution in [-0.2, 0) is 12.4 Å². The lowest BCUT2D eigenvalue weighted by Crippen LogP contribution is -2.39. The van der Waals surface area contributed by atoms with E-state index in [1.807, 2.05) is 0 Å². The minimum atomic E-state index is -5.08. The number of nitrogens with one attached hydrogen (secondary N) is 2. The predicted molar refractivity (Wildman–Crippen MR) is 127 cm³/mol. The summed E-state index contributed by atoms with van der Waals surface area (Å²) in [6.45, 7) is 0. The van der Waals surface area contributed by atoms with Crippen molar-refractivity contribution in [2.45, 2.75) is 24.4 Å². The largest absolute Gasteiger partial charge is 0.416 e. The zero-order valence-corrected chi connectivity index (χ0v) is 18.8. The summed E-state index contributed by atoms with van der Waals surface area (Å²) in [7, 11) is 0. The first kappa shape index (κ1) is 26.0. The van der Waals surface area contributed by atoms with Crippen molar-refractivity contribution in [2.24, 2.45) is 5.73 Å². The number of nitrogens with two attached hydrogens (primary N) is 1.